The summed E-state index contributed by atoms with van der Waals surface area (Å²) in [5.74, 6) is 0.188. The number of carbonyl (C=O) groups is 2. The van der Waals surface area contributed by atoms with E-state index in [0.717, 1.165) is 37.1 Å². The molecular weight excluding hydrogens is 306 g/mol. The van der Waals surface area contributed by atoms with Gasteiger partial charge < -0.3 is 14.7 Å². The van der Waals surface area contributed by atoms with Crippen molar-refractivity contribution in [1.29, 1.82) is 0 Å². The van der Waals surface area contributed by atoms with Crippen molar-refractivity contribution in [3.8, 4) is 5.75 Å². The Bertz CT molecular complexity index is 572. The van der Waals surface area contributed by atoms with Crippen molar-refractivity contribution in [2.75, 3.05) is 13.7 Å². The maximum atomic E-state index is 12.8. The van der Waals surface area contributed by atoms with E-state index in [1.54, 1.807) is 7.11 Å². The number of amides is 1. The van der Waals surface area contributed by atoms with Crippen LogP contribution in [0.2, 0.25) is 0 Å². The molecule has 1 aromatic carbocycles. The number of piperidine rings is 1. The number of methoxy groups -OCH3 is 1. The second-order valence-corrected chi connectivity index (χ2v) is 6.52. The highest BCUT2D eigenvalue weighted by atomic mass is 16.5. The first kappa shape index (κ1) is 18.3. The molecule has 0 unspecified atom stereocenters. The molecule has 1 aromatic rings. The first-order valence-corrected chi connectivity index (χ1v) is 8.67. The molecule has 0 saturated carbocycles. The number of hydrogen-bond acceptors (Lipinski definition) is 3. The van der Waals surface area contributed by atoms with Gasteiger partial charge in [-0.05, 0) is 43.2 Å². The molecule has 132 valence electrons. The zero-order valence-corrected chi connectivity index (χ0v) is 14.5. The summed E-state index contributed by atoms with van der Waals surface area (Å²) in [7, 11) is 1.64. The third-order valence-corrected chi connectivity index (χ3v) is 4.79. The summed E-state index contributed by atoms with van der Waals surface area (Å²) in [5.41, 5.74) is 1.03. The van der Waals surface area contributed by atoms with Crippen LogP contribution in [0.1, 0.15) is 56.9 Å². The van der Waals surface area contributed by atoms with Gasteiger partial charge in [0.1, 0.15) is 5.75 Å². The molecule has 5 heteroatoms. The summed E-state index contributed by atoms with van der Waals surface area (Å²) in [4.78, 5) is 25.5. The molecule has 2 rings (SSSR count). The van der Waals surface area contributed by atoms with Crippen molar-refractivity contribution in [1.82, 2.24) is 4.90 Å². The summed E-state index contributed by atoms with van der Waals surface area (Å²) < 4.78 is 5.39. The monoisotopic (exact) mass is 333 g/mol. The average Bonchev–Trinajstić information content (AvgIpc) is 2.59. The van der Waals surface area contributed by atoms with Crippen molar-refractivity contribution in [3.05, 3.63) is 29.8 Å². The topological polar surface area (TPSA) is 66.8 Å². The second kappa shape index (κ2) is 8.71. The number of ether oxygens (including phenoxy) is 1. The van der Waals surface area contributed by atoms with Crippen molar-refractivity contribution in [3.63, 3.8) is 0 Å². The molecule has 1 fully saturated rings. The molecule has 0 radical (unpaired) electrons. The van der Waals surface area contributed by atoms with Gasteiger partial charge in [-0.1, -0.05) is 25.1 Å². The first-order chi connectivity index (χ1) is 11.5. The van der Waals surface area contributed by atoms with Crippen LogP contribution < -0.4 is 4.74 Å². The van der Waals surface area contributed by atoms with Gasteiger partial charge in [-0.2, -0.15) is 0 Å². The largest absolute Gasteiger partial charge is 0.496 e. The maximum Gasteiger partial charge on any atom is 0.303 e. The molecule has 0 aliphatic carbocycles. The lowest BCUT2D eigenvalue weighted by Gasteiger charge is -2.36. The first-order valence-electron chi connectivity index (χ1n) is 8.67. The molecule has 1 aliphatic heterocycles. The highest BCUT2D eigenvalue weighted by Gasteiger charge is 2.28. The van der Waals surface area contributed by atoms with E-state index in [1.165, 1.54) is 0 Å². The quantitative estimate of drug-likeness (QED) is 0.830. The Morgan fingerprint density at radius 3 is 2.79 bits per heavy atom. The Balaban J connectivity index is 2.02. The van der Waals surface area contributed by atoms with Crippen molar-refractivity contribution in [2.45, 2.75) is 57.4 Å². The van der Waals surface area contributed by atoms with E-state index in [0.29, 0.717) is 12.8 Å². The number of hydrogen-bond donors (Lipinski definition) is 1. The molecule has 1 aliphatic rings. The summed E-state index contributed by atoms with van der Waals surface area (Å²) in [6, 6.07) is 7.84. The van der Waals surface area contributed by atoms with Gasteiger partial charge >= 0.3 is 5.97 Å². The Labute approximate surface area is 143 Å². The normalized spacial score (nSPS) is 18.9. The van der Waals surface area contributed by atoms with E-state index >= 15 is 0 Å². The van der Waals surface area contributed by atoms with Crippen LogP contribution in [0.3, 0.4) is 0 Å². The number of carbonyl (C=O) groups excluding carboxylic acids is 1. The van der Waals surface area contributed by atoms with Crippen LogP contribution in [-0.2, 0) is 9.59 Å². The fourth-order valence-electron chi connectivity index (χ4n) is 3.48. The summed E-state index contributed by atoms with van der Waals surface area (Å²) in [6.45, 7) is 2.77. The van der Waals surface area contributed by atoms with Gasteiger partial charge in [0.2, 0.25) is 5.91 Å². The number of rotatable bonds is 7. The fraction of sp³-hybridized carbons (Fsp3) is 0.579. The summed E-state index contributed by atoms with van der Waals surface area (Å²) in [5, 5.41) is 8.90. The SMILES string of the molecule is COc1ccccc1[C@H](C)CC(=O)N1CCCC[C@H]1CCC(=O)O. The lowest BCUT2D eigenvalue weighted by molar-refractivity contribution is -0.140. The number of benzene rings is 1. The summed E-state index contributed by atoms with van der Waals surface area (Å²) in [6.07, 6.45) is 4.06. The molecule has 1 heterocycles. The molecule has 0 aromatic heterocycles. The van der Waals surface area contributed by atoms with E-state index in [4.69, 9.17) is 9.84 Å². The zero-order valence-electron chi connectivity index (χ0n) is 14.5. The van der Waals surface area contributed by atoms with Crippen LogP contribution in [0.15, 0.2) is 24.3 Å². The number of aliphatic carboxylic acids is 1. The second-order valence-electron chi connectivity index (χ2n) is 6.52. The smallest absolute Gasteiger partial charge is 0.303 e. The number of carboxylic acid groups (broad SMARTS) is 1. The van der Waals surface area contributed by atoms with Crippen LogP contribution in [0, 0.1) is 0 Å². The maximum absolute atomic E-state index is 12.8. The van der Waals surface area contributed by atoms with Crippen LogP contribution in [0.25, 0.3) is 0 Å². The van der Waals surface area contributed by atoms with Gasteiger partial charge in [0, 0.05) is 25.4 Å². The van der Waals surface area contributed by atoms with Crippen molar-refractivity contribution >= 4 is 11.9 Å². The Morgan fingerprint density at radius 1 is 1.33 bits per heavy atom. The number of carboxylic acids is 1. The van der Waals surface area contributed by atoms with Gasteiger partial charge in [0.15, 0.2) is 0 Å². The highest BCUT2D eigenvalue weighted by molar-refractivity contribution is 5.78. The van der Waals surface area contributed by atoms with Gasteiger partial charge in [0.05, 0.1) is 7.11 Å². The fourth-order valence-corrected chi connectivity index (χ4v) is 3.48. The summed E-state index contributed by atoms with van der Waals surface area (Å²) >= 11 is 0. The lowest BCUT2D eigenvalue weighted by Crippen LogP contribution is -2.44. The molecule has 1 saturated heterocycles. The molecule has 0 bridgehead atoms. The minimum atomic E-state index is -0.796. The van der Waals surface area contributed by atoms with Gasteiger partial charge in [-0.15, -0.1) is 0 Å². The molecular formula is C19H27NO4. The minimum absolute atomic E-state index is 0.0622. The van der Waals surface area contributed by atoms with E-state index < -0.39 is 5.97 Å². The van der Waals surface area contributed by atoms with Crippen LogP contribution in [-0.4, -0.2) is 41.6 Å². The predicted molar refractivity (Wildman–Crippen MR) is 92.2 cm³/mol. The van der Waals surface area contributed by atoms with Gasteiger partial charge in [-0.25, -0.2) is 0 Å². The van der Waals surface area contributed by atoms with Gasteiger partial charge in [-0.3, -0.25) is 9.59 Å². The predicted octanol–water partition coefficient (Wildman–Crippen LogP) is 3.43. The van der Waals surface area contributed by atoms with Crippen LogP contribution >= 0.6 is 0 Å². The van der Waals surface area contributed by atoms with Crippen LogP contribution in [0.4, 0.5) is 0 Å². The number of para-hydroxylation sites is 1. The van der Waals surface area contributed by atoms with E-state index in [1.807, 2.05) is 36.1 Å². The standard InChI is InChI=1S/C19H27NO4/c1-14(16-8-3-4-9-17(16)24-2)13-18(21)20-12-6-5-7-15(20)10-11-19(22)23/h3-4,8-9,14-15H,5-7,10-13H2,1-2H3,(H,22,23)/t14-,15+/m1/s1. The van der Waals surface area contributed by atoms with Crippen molar-refractivity contribution in [2.24, 2.45) is 0 Å². The lowest BCUT2D eigenvalue weighted by atomic mass is 9.93. The molecule has 0 spiro atoms. The zero-order chi connectivity index (χ0) is 17.5. The molecule has 1 N–H and O–H groups in total. The Hall–Kier alpha value is -2.04. The van der Waals surface area contributed by atoms with Crippen molar-refractivity contribution < 1.29 is 19.4 Å². The number of nitrogens with zero attached hydrogens (tertiary/aromatic N) is 1. The molecule has 1 amide bonds. The average molecular weight is 333 g/mol. The molecule has 5 nitrogen and oxygen atoms in total. The minimum Gasteiger partial charge on any atom is -0.496 e. The third-order valence-electron chi connectivity index (χ3n) is 4.79. The number of likely N-dealkylation sites (tertiary alicyclic amines) is 1. The third kappa shape index (κ3) is 4.73. The van der Waals surface area contributed by atoms with Gasteiger partial charge in [0.25, 0.3) is 0 Å². The highest BCUT2D eigenvalue weighted by Crippen LogP contribution is 2.30. The van der Waals surface area contributed by atoms with E-state index in [9.17, 15) is 9.59 Å². The van der Waals surface area contributed by atoms with E-state index in [2.05, 4.69) is 0 Å². The Kier molecular flexibility index (Phi) is 6.64. The Morgan fingerprint density at radius 2 is 2.08 bits per heavy atom. The molecule has 2 atom stereocenters. The molecule has 24 heavy (non-hydrogen) atoms. The van der Waals surface area contributed by atoms with E-state index in [-0.39, 0.29) is 24.3 Å². The van der Waals surface area contributed by atoms with Crippen LogP contribution in [0.5, 0.6) is 5.75 Å².